The number of aliphatic carboxylic acids is 1. The second-order valence-electron chi connectivity index (χ2n) is 6.90. The molecule has 0 bridgehead atoms. The van der Waals surface area contributed by atoms with E-state index in [1.807, 2.05) is 31.2 Å². The van der Waals surface area contributed by atoms with Gasteiger partial charge in [0.1, 0.15) is 5.75 Å². The Morgan fingerprint density at radius 1 is 1.33 bits per heavy atom. The van der Waals surface area contributed by atoms with Crippen molar-refractivity contribution >= 4 is 11.9 Å². The van der Waals surface area contributed by atoms with Gasteiger partial charge < -0.3 is 19.3 Å². The van der Waals surface area contributed by atoms with E-state index in [0.717, 1.165) is 11.3 Å². The molecule has 144 valence electrons. The smallest absolute Gasteiger partial charge is 0.311 e. The summed E-state index contributed by atoms with van der Waals surface area (Å²) in [4.78, 5) is 29.5. The number of amides is 1. The van der Waals surface area contributed by atoms with Crippen molar-refractivity contribution < 1.29 is 24.0 Å². The first kappa shape index (κ1) is 18.9. The van der Waals surface area contributed by atoms with E-state index in [4.69, 9.17) is 9.26 Å². The van der Waals surface area contributed by atoms with Crippen molar-refractivity contribution in [3.05, 3.63) is 30.2 Å². The number of ether oxygens (including phenoxy) is 1. The number of likely N-dealkylation sites (tertiary alicyclic amines) is 1. The molecule has 1 atom stereocenters. The first-order chi connectivity index (χ1) is 12.9. The first-order valence-electron chi connectivity index (χ1n) is 8.98. The number of nitrogens with zero attached hydrogens (tertiary/aromatic N) is 3. The summed E-state index contributed by atoms with van der Waals surface area (Å²) < 4.78 is 10.6. The Morgan fingerprint density at radius 2 is 2.07 bits per heavy atom. The van der Waals surface area contributed by atoms with Crippen molar-refractivity contribution in [2.75, 3.05) is 19.7 Å². The number of carboxylic acids is 1. The zero-order chi connectivity index (χ0) is 19.4. The predicted molar refractivity (Wildman–Crippen MR) is 96.2 cm³/mol. The standard InChI is InChI=1S/C19H23N3O5/c1-3-26-14-6-4-13(5-7-14)17-20-15(27-21-17)8-9-16(23)22-11-10-19(2,12-22)18(24)25/h4-7H,3,8-12H2,1-2H3,(H,24,25)/t19-/m1/s1. The highest BCUT2D eigenvalue weighted by Crippen LogP contribution is 2.30. The van der Waals surface area contributed by atoms with E-state index >= 15 is 0 Å². The average Bonchev–Trinajstić information content (AvgIpc) is 3.28. The predicted octanol–water partition coefficient (Wildman–Crippen LogP) is 2.39. The van der Waals surface area contributed by atoms with Gasteiger partial charge in [-0.3, -0.25) is 9.59 Å². The summed E-state index contributed by atoms with van der Waals surface area (Å²) >= 11 is 0. The molecule has 27 heavy (non-hydrogen) atoms. The SMILES string of the molecule is CCOc1ccc(-c2noc(CCC(=O)N3CC[C@@](C)(C(=O)O)C3)n2)cc1. The number of aromatic nitrogens is 2. The van der Waals surface area contributed by atoms with E-state index in [1.165, 1.54) is 0 Å². The lowest BCUT2D eigenvalue weighted by Gasteiger charge is -2.19. The molecular formula is C19H23N3O5. The van der Waals surface area contributed by atoms with Gasteiger partial charge >= 0.3 is 5.97 Å². The maximum atomic E-state index is 12.3. The molecule has 8 heteroatoms. The molecule has 0 aliphatic carbocycles. The van der Waals surface area contributed by atoms with Crippen LogP contribution in [0.3, 0.4) is 0 Å². The van der Waals surface area contributed by atoms with Crippen molar-refractivity contribution in [2.24, 2.45) is 5.41 Å². The average molecular weight is 373 g/mol. The van der Waals surface area contributed by atoms with Crippen LogP contribution in [0.15, 0.2) is 28.8 Å². The van der Waals surface area contributed by atoms with Crippen molar-refractivity contribution in [3.63, 3.8) is 0 Å². The van der Waals surface area contributed by atoms with Crippen molar-refractivity contribution in [2.45, 2.75) is 33.1 Å². The molecule has 0 unspecified atom stereocenters. The molecular weight excluding hydrogens is 350 g/mol. The third-order valence-corrected chi connectivity index (χ3v) is 4.79. The van der Waals surface area contributed by atoms with E-state index in [1.54, 1.807) is 11.8 Å². The zero-order valence-electron chi connectivity index (χ0n) is 15.5. The first-order valence-corrected chi connectivity index (χ1v) is 8.98. The Hall–Kier alpha value is -2.90. The number of rotatable bonds is 7. The third kappa shape index (κ3) is 4.27. The highest BCUT2D eigenvalue weighted by molar-refractivity contribution is 5.80. The molecule has 1 saturated heterocycles. The van der Waals surface area contributed by atoms with Crippen molar-refractivity contribution in [1.29, 1.82) is 0 Å². The molecule has 1 aromatic heterocycles. The van der Waals surface area contributed by atoms with Crippen LogP contribution >= 0.6 is 0 Å². The molecule has 1 N–H and O–H groups in total. The molecule has 1 aromatic carbocycles. The molecule has 1 aliphatic rings. The molecule has 3 rings (SSSR count). The number of hydrogen-bond acceptors (Lipinski definition) is 6. The van der Waals surface area contributed by atoms with Crippen LogP contribution in [0, 0.1) is 5.41 Å². The highest BCUT2D eigenvalue weighted by Gasteiger charge is 2.41. The molecule has 1 fully saturated rings. The summed E-state index contributed by atoms with van der Waals surface area (Å²) in [6.45, 7) is 4.89. The van der Waals surface area contributed by atoms with Crippen LogP contribution in [0.2, 0.25) is 0 Å². The highest BCUT2D eigenvalue weighted by atomic mass is 16.5. The zero-order valence-corrected chi connectivity index (χ0v) is 15.5. The quantitative estimate of drug-likeness (QED) is 0.794. The fourth-order valence-corrected chi connectivity index (χ4v) is 3.06. The molecule has 2 heterocycles. The fourth-order valence-electron chi connectivity index (χ4n) is 3.06. The van der Waals surface area contributed by atoms with E-state index in [9.17, 15) is 14.7 Å². The van der Waals surface area contributed by atoms with Gasteiger partial charge in [-0.1, -0.05) is 5.16 Å². The largest absolute Gasteiger partial charge is 0.494 e. The number of hydrogen-bond donors (Lipinski definition) is 1. The Kier molecular flexibility index (Phi) is 5.43. The summed E-state index contributed by atoms with van der Waals surface area (Å²) in [6.07, 6.45) is 1.00. The molecule has 0 saturated carbocycles. The van der Waals surface area contributed by atoms with Gasteiger partial charge in [0.25, 0.3) is 0 Å². The Bertz CT molecular complexity index is 817. The molecule has 1 amide bonds. The summed E-state index contributed by atoms with van der Waals surface area (Å²) in [5.41, 5.74) is -0.0578. The summed E-state index contributed by atoms with van der Waals surface area (Å²) in [5, 5.41) is 13.2. The van der Waals surface area contributed by atoms with E-state index in [-0.39, 0.29) is 18.9 Å². The van der Waals surface area contributed by atoms with Crippen LogP contribution in [0.4, 0.5) is 0 Å². The van der Waals surface area contributed by atoms with Gasteiger partial charge in [0, 0.05) is 31.5 Å². The molecule has 1 aliphatic heterocycles. The van der Waals surface area contributed by atoms with Crippen LogP contribution in [-0.2, 0) is 16.0 Å². The van der Waals surface area contributed by atoms with Gasteiger partial charge in [-0.05, 0) is 44.5 Å². The molecule has 2 aromatic rings. The van der Waals surface area contributed by atoms with Crippen molar-refractivity contribution in [3.8, 4) is 17.1 Å². The van der Waals surface area contributed by atoms with E-state index in [2.05, 4.69) is 10.1 Å². The van der Waals surface area contributed by atoms with Gasteiger partial charge in [-0.25, -0.2) is 0 Å². The lowest BCUT2D eigenvalue weighted by Crippen LogP contribution is -2.34. The van der Waals surface area contributed by atoms with Gasteiger partial charge in [-0.2, -0.15) is 4.98 Å². The van der Waals surface area contributed by atoms with Crippen LogP contribution < -0.4 is 4.74 Å². The summed E-state index contributed by atoms with van der Waals surface area (Å²) in [6, 6.07) is 7.37. The lowest BCUT2D eigenvalue weighted by molar-refractivity contribution is -0.147. The molecule has 8 nitrogen and oxygen atoms in total. The summed E-state index contributed by atoms with van der Waals surface area (Å²) in [7, 11) is 0. The van der Waals surface area contributed by atoms with Crippen LogP contribution in [-0.4, -0.2) is 51.7 Å². The Morgan fingerprint density at radius 3 is 2.70 bits per heavy atom. The molecule has 0 spiro atoms. The number of carbonyl (C=O) groups excluding carboxylic acids is 1. The normalized spacial score (nSPS) is 19.3. The molecule has 0 radical (unpaired) electrons. The third-order valence-electron chi connectivity index (χ3n) is 4.79. The number of aryl methyl sites for hydroxylation is 1. The minimum absolute atomic E-state index is 0.0965. The van der Waals surface area contributed by atoms with Crippen molar-refractivity contribution in [1.82, 2.24) is 15.0 Å². The lowest BCUT2D eigenvalue weighted by atomic mass is 9.90. The van der Waals surface area contributed by atoms with Gasteiger partial charge in [0.2, 0.25) is 17.6 Å². The second-order valence-corrected chi connectivity index (χ2v) is 6.90. The monoisotopic (exact) mass is 373 g/mol. The van der Waals surface area contributed by atoms with Gasteiger partial charge in [-0.15, -0.1) is 0 Å². The number of carboxylic acid groups (broad SMARTS) is 1. The van der Waals surface area contributed by atoms with Crippen LogP contribution in [0.1, 0.15) is 32.6 Å². The second kappa shape index (κ2) is 7.77. The Balaban J connectivity index is 1.55. The maximum absolute atomic E-state index is 12.3. The van der Waals surface area contributed by atoms with Crippen LogP contribution in [0.5, 0.6) is 5.75 Å². The minimum Gasteiger partial charge on any atom is -0.494 e. The van der Waals surface area contributed by atoms with Gasteiger partial charge in [0.05, 0.1) is 12.0 Å². The topological polar surface area (TPSA) is 106 Å². The summed E-state index contributed by atoms with van der Waals surface area (Å²) in [5.74, 6) is 0.651. The van der Waals surface area contributed by atoms with Crippen LogP contribution in [0.25, 0.3) is 11.4 Å². The number of carbonyl (C=O) groups is 2. The Labute approximate surface area is 157 Å². The van der Waals surface area contributed by atoms with Gasteiger partial charge in [0.15, 0.2) is 0 Å². The number of benzene rings is 1. The van der Waals surface area contributed by atoms with E-state index < -0.39 is 11.4 Å². The minimum atomic E-state index is -0.866. The maximum Gasteiger partial charge on any atom is 0.311 e. The van der Waals surface area contributed by atoms with E-state index in [0.29, 0.717) is 37.7 Å². The fraction of sp³-hybridized carbons (Fsp3) is 0.474.